The third-order valence-corrected chi connectivity index (χ3v) is 3.77. The van der Waals surface area contributed by atoms with E-state index in [0.29, 0.717) is 17.5 Å². The maximum Gasteiger partial charge on any atom is 0.163 e. The smallest absolute Gasteiger partial charge is 0.163 e. The van der Waals surface area contributed by atoms with Crippen molar-refractivity contribution in [3.63, 3.8) is 0 Å². The maximum atomic E-state index is 4.48. The molecule has 0 saturated heterocycles. The first kappa shape index (κ1) is 15.9. The Morgan fingerprint density at radius 1 is 0.577 bits per heavy atom. The van der Waals surface area contributed by atoms with Crippen molar-refractivity contribution >= 4 is 0 Å². The van der Waals surface area contributed by atoms with Gasteiger partial charge in [-0.2, -0.15) is 0 Å². The van der Waals surface area contributed by atoms with Crippen LogP contribution in [0.25, 0.3) is 33.9 Å². The second-order valence-electron chi connectivity index (χ2n) is 5.73. The molecule has 3 aromatic heterocycles. The van der Waals surface area contributed by atoms with Crippen LogP contribution in [0.4, 0.5) is 0 Å². The van der Waals surface area contributed by atoms with E-state index in [0.717, 1.165) is 28.1 Å². The molecule has 0 saturated carbocycles. The summed E-state index contributed by atoms with van der Waals surface area (Å²) in [6.45, 7) is 3.71. The standard InChI is InChI=1S/C19H15N7/c1-12-24-13(2)26-19(25-12)16-8-14(17-10-20-3-5-22-17)7-15(9-16)18-11-21-4-6-23-18/h3-11H,1-2H3. The molecule has 0 fully saturated rings. The number of rotatable bonds is 3. The zero-order valence-corrected chi connectivity index (χ0v) is 14.3. The number of aromatic nitrogens is 7. The van der Waals surface area contributed by atoms with E-state index < -0.39 is 0 Å². The van der Waals surface area contributed by atoms with Gasteiger partial charge in [0, 0.05) is 41.5 Å². The summed E-state index contributed by atoms with van der Waals surface area (Å²) in [5.41, 5.74) is 4.21. The Morgan fingerprint density at radius 2 is 1.08 bits per heavy atom. The van der Waals surface area contributed by atoms with Crippen LogP contribution >= 0.6 is 0 Å². The third kappa shape index (κ3) is 3.27. The minimum absolute atomic E-state index is 0.617. The Kier molecular flexibility index (Phi) is 4.10. The van der Waals surface area contributed by atoms with Gasteiger partial charge in [-0.15, -0.1) is 0 Å². The fraction of sp³-hybridized carbons (Fsp3) is 0.105. The molecule has 4 rings (SSSR count). The summed E-state index contributed by atoms with van der Waals surface area (Å²) in [5.74, 6) is 1.97. The van der Waals surface area contributed by atoms with Gasteiger partial charge in [-0.3, -0.25) is 19.9 Å². The van der Waals surface area contributed by atoms with Crippen molar-refractivity contribution in [3.05, 3.63) is 67.0 Å². The quantitative estimate of drug-likeness (QED) is 0.565. The van der Waals surface area contributed by atoms with Gasteiger partial charge >= 0.3 is 0 Å². The van der Waals surface area contributed by atoms with Crippen molar-refractivity contribution in [3.8, 4) is 33.9 Å². The summed E-state index contributed by atoms with van der Waals surface area (Å²) < 4.78 is 0. The van der Waals surface area contributed by atoms with Crippen molar-refractivity contribution in [1.29, 1.82) is 0 Å². The third-order valence-electron chi connectivity index (χ3n) is 3.77. The van der Waals surface area contributed by atoms with Crippen LogP contribution in [-0.2, 0) is 0 Å². The molecular formula is C19H15N7. The fourth-order valence-corrected chi connectivity index (χ4v) is 2.69. The fourth-order valence-electron chi connectivity index (χ4n) is 2.69. The van der Waals surface area contributed by atoms with E-state index in [2.05, 4.69) is 34.9 Å². The molecule has 0 unspecified atom stereocenters. The summed E-state index contributed by atoms with van der Waals surface area (Å²) in [6.07, 6.45) is 10.1. The van der Waals surface area contributed by atoms with Crippen LogP contribution in [0.3, 0.4) is 0 Å². The zero-order valence-electron chi connectivity index (χ0n) is 14.3. The molecule has 0 N–H and O–H groups in total. The minimum atomic E-state index is 0.617. The predicted octanol–water partition coefficient (Wildman–Crippen LogP) is 3.07. The Morgan fingerprint density at radius 3 is 1.54 bits per heavy atom. The average Bonchev–Trinajstić information content (AvgIpc) is 2.68. The van der Waals surface area contributed by atoms with Gasteiger partial charge in [0.05, 0.1) is 23.8 Å². The van der Waals surface area contributed by atoms with Crippen molar-refractivity contribution in [2.45, 2.75) is 13.8 Å². The van der Waals surface area contributed by atoms with E-state index in [1.165, 1.54) is 0 Å². The van der Waals surface area contributed by atoms with Crippen LogP contribution in [0.1, 0.15) is 11.6 Å². The molecule has 0 aliphatic carbocycles. The zero-order chi connectivity index (χ0) is 17.9. The van der Waals surface area contributed by atoms with Gasteiger partial charge in [-0.05, 0) is 32.0 Å². The monoisotopic (exact) mass is 341 g/mol. The van der Waals surface area contributed by atoms with E-state index in [4.69, 9.17) is 0 Å². The highest BCUT2D eigenvalue weighted by Gasteiger charge is 2.11. The van der Waals surface area contributed by atoms with E-state index in [9.17, 15) is 0 Å². The number of hydrogen-bond donors (Lipinski definition) is 0. The summed E-state index contributed by atoms with van der Waals surface area (Å²) in [7, 11) is 0. The maximum absolute atomic E-state index is 4.48. The van der Waals surface area contributed by atoms with Crippen LogP contribution in [0.2, 0.25) is 0 Å². The molecular weight excluding hydrogens is 326 g/mol. The topological polar surface area (TPSA) is 90.2 Å². The largest absolute Gasteiger partial charge is 0.261 e. The predicted molar refractivity (Wildman–Crippen MR) is 96.8 cm³/mol. The Bertz CT molecular complexity index is 972. The van der Waals surface area contributed by atoms with Gasteiger partial charge in [-0.25, -0.2) is 15.0 Å². The molecule has 7 heteroatoms. The molecule has 7 nitrogen and oxygen atoms in total. The van der Waals surface area contributed by atoms with Gasteiger partial charge in [-0.1, -0.05) is 0 Å². The lowest BCUT2D eigenvalue weighted by molar-refractivity contribution is 0.928. The second kappa shape index (κ2) is 6.72. The summed E-state index contributed by atoms with van der Waals surface area (Å²) in [6, 6.07) is 6.01. The van der Waals surface area contributed by atoms with Gasteiger partial charge in [0.1, 0.15) is 11.6 Å². The number of aryl methyl sites for hydroxylation is 2. The normalized spacial score (nSPS) is 10.7. The van der Waals surface area contributed by atoms with Crippen molar-refractivity contribution < 1.29 is 0 Å². The summed E-state index contributed by atoms with van der Waals surface area (Å²) >= 11 is 0. The minimum Gasteiger partial charge on any atom is -0.261 e. The number of hydrogen-bond acceptors (Lipinski definition) is 7. The van der Waals surface area contributed by atoms with Gasteiger partial charge < -0.3 is 0 Å². The molecule has 4 aromatic rings. The molecule has 1 aromatic carbocycles. The highest BCUT2D eigenvalue weighted by Crippen LogP contribution is 2.29. The van der Waals surface area contributed by atoms with Gasteiger partial charge in [0.25, 0.3) is 0 Å². The molecule has 26 heavy (non-hydrogen) atoms. The lowest BCUT2D eigenvalue weighted by Crippen LogP contribution is -1.99. The van der Waals surface area contributed by atoms with Gasteiger partial charge in [0.15, 0.2) is 5.82 Å². The Balaban J connectivity index is 1.93. The van der Waals surface area contributed by atoms with Crippen LogP contribution in [0.5, 0.6) is 0 Å². The number of nitrogens with zero attached hydrogens (tertiary/aromatic N) is 7. The molecule has 3 heterocycles. The van der Waals surface area contributed by atoms with E-state index in [1.807, 2.05) is 32.0 Å². The van der Waals surface area contributed by atoms with E-state index in [-0.39, 0.29) is 0 Å². The summed E-state index contributed by atoms with van der Waals surface area (Å²) in [5, 5.41) is 0. The molecule has 0 aliphatic rings. The highest BCUT2D eigenvalue weighted by atomic mass is 15.0. The molecule has 0 aliphatic heterocycles. The first-order valence-corrected chi connectivity index (χ1v) is 8.06. The summed E-state index contributed by atoms with van der Waals surface area (Å²) in [4.78, 5) is 30.3. The number of benzene rings is 1. The first-order chi connectivity index (χ1) is 12.7. The van der Waals surface area contributed by atoms with Crippen LogP contribution in [0, 0.1) is 13.8 Å². The van der Waals surface area contributed by atoms with E-state index in [1.54, 1.807) is 37.2 Å². The lowest BCUT2D eigenvalue weighted by Gasteiger charge is -2.09. The van der Waals surface area contributed by atoms with Crippen LogP contribution < -0.4 is 0 Å². The van der Waals surface area contributed by atoms with Crippen molar-refractivity contribution in [2.24, 2.45) is 0 Å². The molecule has 0 spiro atoms. The second-order valence-corrected chi connectivity index (χ2v) is 5.73. The first-order valence-electron chi connectivity index (χ1n) is 8.06. The molecule has 0 atom stereocenters. The molecule has 0 bridgehead atoms. The SMILES string of the molecule is Cc1nc(C)nc(-c2cc(-c3cnccn3)cc(-c3cnccn3)c2)n1. The van der Waals surface area contributed by atoms with Crippen LogP contribution in [0.15, 0.2) is 55.4 Å². The average molecular weight is 341 g/mol. The van der Waals surface area contributed by atoms with Gasteiger partial charge in [0.2, 0.25) is 0 Å². The Labute approximate surface area is 150 Å². The van der Waals surface area contributed by atoms with Crippen molar-refractivity contribution in [1.82, 2.24) is 34.9 Å². The molecule has 0 amide bonds. The highest BCUT2D eigenvalue weighted by molar-refractivity contribution is 5.76. The molecule has 0 radical (unpaired) electrons. The van der Waals surface area contributed by atoms with Crippen LogP contribution in [-0.4, -0.2) is 34.9 Å². The van der Waals surface area contributed by atoms with E-state index >= 15 is 0 Å². The lowest BCUT2D eigenvalue weighted by atomic mass is 10.0. The van der Waals surface area contributed by atoms with Crippen molar-refractivity contribution in [2.75, 3.05) is 0 Å². The molecule has 126 valence electrons. The Hall–Kier alpha value is -3.61.